The van der Waals surface area contributed by atoms with Gasteiger partial charge >= 0.3 is 0 Å². The molecule has 2 rings (SSSR count). The van der Waals surface area contributed by atoms with Gasteiger partial charge in [-0.3, -0.25) is 4.79 Å². The van der Waals surface area contributed by atoms with Crippen molar-refractivity contribution in [3.05, 3.63) is 0 Å². The Hall–Kier alpha value is -0.370. The van der Waals surface area contributed by atoms with E-state index in [0.717, 1.165) is 12.8 Å². The van der Waals surface area contributed by atoms with E-state index in [-0.39, 0.29) is 11.7 Å². The lowest BCUT2D eigenvalue weighted by atomic mass is 9.90. The highest BCUT2D eigenvalue weighted by molar-refractivity contribution is 5.87. The van der Waals surface area contributed by atoms with Gasteiger partial charge in [0.15, 0.2) is 5.78 Å². The second kappa shape index (κ2) is 1.37. The molecule has 2 bridgehead atoms. The van der Waals surface area contributed by atoms with Crippen molar-refractivity contribution < 1.29 is 9.53 Å². The van der Waals surface area contributed by atoms with E-state index in [1.54, 1.807) is 0 Å². The summed E-state index contributed by atoms with van der Waals surface area (Å²) in [5.74, 6) is 0.309. The fraction of sp³-hybridized carbons (Fsp3) is 0.857. The number of Topliss-reactive ketones (excluding diaryl/α,β-unsaturated/α-hetero) is 1. The van der Waals surface area contributed by atoms with E-state index in [1.165, 1.54) is 0 Å². The largest absolute Gasteiger partial charge is 0.364 e. The highest BCUT2D eigenvalue weighted by atomic mass is 16.5. The maximum absolute atomic E-state index is 10.9. The third-order valence-electron chi connectivity index (χ3n) is 2.27. The van der Waals surface area contributed by atoms with Gasteiger partial charge in [0.05, 0.1) is 5.60 Å². The van der Waals surface area contributed by atoms with Gasteiger partial charge < -0.3 is 4.74 Å². The summed E-state index contributed by atoms with van der Waals surface area (Å²) in [4.78, 5) is 10.9. The van der Waals surface area contributed by atoms with Crippen molar-refractivity contribution in [1.29, 1.82) is 0 Å². The van der Waals surface area contributed by atoms with Gasteiger partial charge in [-0.05, 0) is 19.8 Å². The summed E-state index contributed by atoms with van der Waals surface area (Å²) >= 11 is 0. The Morgan fingerprint density at radius 3 is 2.78 bits per heavy atom. The topological polar surface area (TPSA) is 26.3 Å². The van der Waals surface area contributed by atoms with Crippen LogP contribution in [-0.2, 0) is 9.53 Å². The van der Waals surface area contributed by atoms with Gasteiger partial charge in [0.2, 0.25) is 0 Å². The maximum atomic E-state index is 10.9. The molecule has 2 nitrogen and oxygen atoms in total. The number of ketones is 1. The molecule has 2 heteroatoms. The monoisotopic (exact) mass is 126 g/mol. The van der Waals surface area contributed by atoms with Gasteiger partial charge in [0.25, 0.3) is 0 Å². The zero-order valence-corrected chi connectivity index (χ0v) is 5.52. The molecule has 2 atom stereocenters. The average Bonchev–Trinajstić information content (AvgIpc) is 2.20. The molecule has 0 aliphatic carbocycles. The highest BCUT2D eigenvalue weighted by Crippen LogP contribution is 2.40. The van der Waals surface area contributed by atoms with Crippen molar-refractivity contribution in [2.45, 2.75) is 37.9 Å². The summed E-state index contributed by atoms with van der Waals surface area (Å²) in [6.45, 7) is 2.03. The van der Waals surface area contributed by atoms with E-state index in [4.69, 9.17) is 4.74 Å². The van der Waals surface area contributed by atoms with E-state index >= 15 is 0 Å². The van der Waals surface area contributed by atoms with Gasteiger partial charge in [-0.15, -0.1) is 0 Å². The SMILES string of the molecule is C[C@@]12CC[C@@H](O1)C(=O)C2. The minimum absolute atomic E-state index is 0.0324. The molecule has 2 fully saturated rings. The summed E-state index contributed by atoms with van der Waals surface area (Å²) in [5, 5.41) is 0. The molecule has 0 aromatic carbocycles. The van der Waals surface area contributed by atoms with Crippen LogP contribution in [0.3, 0.4) is 0 Å². The zero-order chi connectivity index (χ0) is 6.48. The minimum Gasteiger partial charge on any atom is -0.364 e. The smallest absolute Gasteiger partial charge is 0.164 e. The third kappa shape index (κ3) is 0.628. The Morgan fingerprint density at radius 2 is 2.56 bits per heavy atom. The van der Waals surface area contributed by atoms with E-state index in [9.17, 15) is 4.79 Å². The summed E-state index contributed by atoms with van der Waals surface area (Å²) in [6, 6.07) is 0. The van der Waals surface area contributed by atoms with E-state index in [0.29, 0.717) is 12.2 Å². The Kier molecular flexibility index (Phi) is 0.826. The van der Waals surface area contributed by atoms with Gasteiger partial charge in [-0.2, -0.15) is 0 Å². The molecule has 0 amide bonds. The van der Waals surface area contributed by atoms with Crippen molar-refractivity contribution >= 4 is 5.78 Å². The van der Waals surface area contributed by atoms with Crippen molar-refractivity contribution in [2.24, 2.45) is 0 Å². The standard InChI is InChI=1S/C7H10O2/c1-7-3-2-6(9-7)5(8)4-7/h6H,2-4H2,1H3/t6-,7+/m1/s1. The maximum Gasteiger partial charge on any atom is 0.164 e. The molecule has 2 aliphatic rings. The first-order valence-electron chi connectivity index (χ1n) is 3.40. The first-order valence-corrected chi connectivity index (χ1v) is 3.40. The van der Waals surface area contributed by atoms with Crippen LogP contribution in [0.1, 0.15) is 26.2 Å². The summed E-state index contributed by atoms with van der Waals surface area (Å²) < 4.78 is 5.42. The number of ether oxygens (including phenoxy) is 1. The molecule has 0 unspecified atom stereocenters. The molecular formula is C7H10O2. The van der Waals surface area contributed by atoms with Crippen molar-refractivity contribution in [3.8, 4) is 0 Å². The van der Waals surface area contributed by atoms with Crippen LogP contribution in [0.4, 0.5) is 0 Å². The first-order chi connectivity index (χ1) is 4.20. The van der Waals surface area contributed by atoms with Gasteiger partial charge in [-0.1, -0.05) is 0 Å². The molecule has 9 heavy (non-hydrogen) atoms. The second-order valence-corrected chi connectivity index (χ2v) is 3.24. The number of fused-ring (bicyclic) bond motifs is 2. The minimum atomic E-state index is -0.0677. The van der Waals surface area contributed by atoms with Crippen LogP contribution in [0.5, 0.6) is 0 Å². The van der Waals surface area contributed by atoms with Crippen molar-refractivity contribution in [3.63, 3.8) is 0 Å². The first kappa shape index (κ1) is 5.42. The highest BCUT2D eigenvalue weighted by Gasteiger charge is 2.47. The molecule has 50 valence electrons. The number of hydrogen-bond donors (Lipinski definition) is 0. The predicted octanol–water partition coefficient (Wildman–Crippen LogP) is 0.897. The Bertz CT molecular complexity index is 164. The number of rotatable bonds is 0. The molecule has 0 radical (unpaired) electrons. The molecule has 0 aromatic rings. The number of carbonyl (C=O) groups is 1. The molecular weight excluding hydrogens is 116 g/mol. The lowest BCUT2D eigenvalue weighted by Crippen LogP contribution is -2.21. The van der Waals surface area contributed by atoms with Gasteiger partial charge in [0, 0.05) is 6.42 Å². The van der Waals surface area contributed by atoms with Crippen LogP contribution in [0.2, 0.25) is 0 Å². The molecule has 0 spiro atoms. The summed E-state index contributed by atoms with van der Waals surface area (Å²) in [6.07, 6.45) is 2.64. The van der Waals surface area contributed by atoms with Crippen LogP contribution in [-0.4, -0.2) is 17.5 Å². The number of carbonyl (C=O) groups excluding carboxylic acids is 1. The Balaban J connectivity index is 2.28. The fourth-order valence-corrected chi connectivity index (χ4v) is 1.74. The lowest BCUT2D eigenvalue weighted by Gasteiger charge is -2.15. The number of hydrogen-bond acceptors (Lipinski definition) is 2. The van der Waals surface area contributed by atoms with E-state index in [2.05, 4.69) is 0 Å². The summed E-state index contributed by atoms with van der Waals surface area (Å²) in [7, 11) is 0. The zero-order valence-electron chi connectivity index (χ0n) is 5.52. The van der Waals surface area contributed by atoms with Crippen molar-refractivity contribution in [2.75, 3.05) is 0 Å². The van der Waals surface area contributed by atoms with Crippen molar-refractivity contribution in [1.82, 2.24) is 0 Å². The van der Waals surface area contributed by atoms with Gasteiger partial charge in [0.1, 0.15) is 6.10 Å². The van der Waals surface area contributed by atoms with Crippen LogP contribution in [0, 0.1) is 0 Å². The summed E-state index contributed by atoms with van der Waals surface area (Å²) in [5.41, 5.74) is -0.0677. The predicted molar refractivity (Wildman–Crippen MR) is 32.1 cm³/mol. The van der Waals surface area contributed by atoms with Crippen LogP contribution < -0.4 is 0 Å². The normalized spacial score (nSPS) is 48.6. The lowest BCUT2D eigenvalue weighted by molar-refractivity contribution is -0.121. The van der Waals surface area contributed by atoms with Crippen LogP contribution >= 0.6 is 0 Å². The van der Waals surface area contributed by atoms with E-state index < -0.39 is 0 Å². The molecule has 2 aliphatic heterocycles. The van der Waals surface area contributed by atoms with Crippen LogP contribution in [0.25, 0.3) is 0 Å². The Morgan fingerprint density at radius 1 is 1.78 bits per heavy atom. The Labute approximate surface area is 54.2 Å². The van der Waals surface area contributed by atoms with E-state index in [1.807, 2.05) is 6.92 Å². The fourth-order valence-electron chi connectivity index (χ4n) is 1.74. The average molecular weight is 126 g/mol. The van der Waals surface area contributed by atoms with Gasteiger partial charge in [-0.25, -0.2) is 0 Å². The molecule has 0 N–H and O–H groups in total. The molecule has 0 aromatic heterocycles. The van der Waals surface area contributed by atoms with Crippen LogP contribution in [0.15, 0.2) is 0 Å². The quantitative estimate of drug-likeness (QED) is 0.482. The molecule has 2 heterocycles. The molecule has 0 saturated carbocycles. The molecule has 2 saturated heterocycles. The third-order valence-corrected chi connectivity index (χ3v) is 2.27. The second-order valence-electron chi connectivity index (χ2n) is 3.24.